The molecule has 2 aromatic heterocycles. The van der Waals surface area contributed by atoms with Gasteiger partial charge in [-0.05, 0) is 11.6 Å². The van der Waals surface area contributed by atoms with Gasteiger partial charge in [0.25, 0.3) is 0 Å². The van der Waals surface area contributed by atoms with E-state index < -0.39 is 6.10 Å². The molecule has 0 aliphatic carbocycles. The summed E-state index contributed by atoms with van der Waals surface area (Å²) in [6.07, 6.45) is 6.41. The van der Waals surface area contributed by atoms with Crippen molar-refractivity contribution in [3.63, 3.8) is 0 Å². The third-order valence-electron chi connectivity index (χ3n) is 2.47. The largest absolute Gasteiger partial charge is 0.386 e. The molecule has 2 aromatic rings. The first kappa shape index (κ1) is 11.1. The smallest absolute Gasteiger partial charge is 0.0996 e. The van der Waals surface area contributed by atoms with Crippen molar-refractivity contribution in [2.24, 2.45) is 7.05 Å². The van der Waals surface area contributed by atoms with Crippen molar-refractivity contribution in [1.82, 2.24) is 14.5 Å². The van der Waals surface area contributed by atoms with Crippen LogP contribution < -0.4 is 0 Å². The topological polar surface area (TPSA) is 50.9 Å². The minimum absolute atomic E-state index is 0.459. The molecule has 1 atom stereocenters. The first-order valence-electron chi connectivity index (χ1n) is 4.91. The summed E-state index contributed by atoms with van der Waals surface area (Å²) in [5.74, 6) is 0. The maximum absolute atomic E-state index is 10.0. The Bertz CT molecular complexity index is 484. The Morgan fingerprint density at radius 2 is 2.25 bits per heavy atom. The molecule has 0 saturated carbocycles. The fourth-order valence-corrected chi connectivity index (χ4v) is 1.77. The van der Waals surface area contributed by atoms with Crippen LogP contribution in [0.4, 0.5) is 0 Å². The quantitative estimate of drug-likeness (QED) is 0.885. The molecule has 0 aromatic carbocycles. The number of nitrogens with zero attached hydrogens (tertiary/aromatic N) is 3. The van der Waals surface area contributed by atoms with Crippen molar-refractivity contribution in [2.45, 2.75) is 12.5 Å². The standard InChI is InChI=1S/C11H12ClN3O/c1-15-7-14-6-10(15)11(16)4-8-2-3-13-5-9(8)12/h2-3,5-7,11,16H,4H2,1H3. The Morgan fingerprint density at radius 3 is 2.88 bits per heavy atom. The van der Waals surface area contributed by atoms with Crippen LogP contribution in [0.15, 0.2) is 31.0 Å². The van der Waals surface area contributed by atoms with Gasteiger partial charge in [0.05, 0.1) is 29.3 Å². The van der Waals surface area contributed by atoms with E-state index in [-0.39, 0.29) is 0 Å². The number of aliphatic hydroxyl groups excluding tert-OH is 1. The lowest BCUT2D eigenvalue weighted by Crippen LogP contribution is -2.07. The molecule has 1 N–H and O–H groups in total. The molecule has 0 spiro atoms. The predicted octanol–water partition coefficient (Wildman–Crippen LogP) is 1.74. The van der Waals surface area contributed by atoms with Gasteiger partial charge in [-0.25, -0.2) is 4.98 Å². The monoisotopic (exact) mass is 237 g/mol. The normalized spacial score (nSPS) is 12.7. The number of rotatable bonds is 3. The summed E-state index contributed by atoms with van der Waals surface area (Å²) in [6.45, 7) is 0. The number of aryl methyl sites for hydroxylation is 1. The average molecular weight is 238 g/mol. The minimum atomic E-state index is -0.604. The van der Waals surface area contributed by atoms with E-state index in [1.54, 1.807) is 29.5 Å². The molecule has 16 heavy (non-hydrogen) atoms. The summed E-state index contributed by atoms with van der Waals surface area (Å²) >= 11 is 5.97. The van der Waals surface area contributed by atoms with Crippen LogP contribution in [0, 0.1) is 0 Å². The summed E-state index contributed by atoms with van der Waals surface area (Å²) in [5.41, 5.74) is 1.65. The molecule has 0 bridgehead atoms. The second-order valence-corrected chi connectivity index (χ2v) is 4.02. The third-order valence-corrected chi connectivity index (χ3v) is 2.81. The predicted molar refractivity (Wildman–Crippen MR) is 61.1 cm³/mol. The average Bonchev–Trinajstić information content (AvgIpc) is 2.68. The second kappa shape index (κ2) is 4.63. The van der Waals surface area contributed by atoms with E-state index in [0.29, 0.717) is 11.4 Å². The van der Waals surface area contributed by atoms with E-state index in [4.69, 9.17) is 11.6 Å². The molecule has 2 rings (SSSR count). The first-order chi connectivity index (χ1) is 7.68. The number of aliphatic hydroxyl groups is 1. The van der Waals surface area contributed by atoms with Crippen LogP contribution in [-0.2, 0) is 13.5 Å². The van der Waals surface area contributed by atoms with Crippen LogP contribution in [0.3, 0.4) is 0 Å². The molecule has 0 radical (unpaired) electrons. The molecular formula is C11H12ClN3O. The van der Waals surface area contributed by atoms with E-state index in [9.17, 15) is 5.11 Å². The molecule has 0 aliphatic heterocycles. The molecule has 0 fully saturated rings. The van der Waals surface area contributed by atoms with Crippen molar-refractivity contribution in [3.8, 4) is 0 Å². The van der Waals surface area contributed by atoms with Crippen LogP contribution in [0.25, 0.3) is 0 Å². The fraction of sp³-hybridized carbons (Fsp3) is 0.273. The summed E-state index contributed by atoms with van der Waals surface area (Å²) in [6, 6.07) is 1.81. The lowest BCUT2D eigenvalue weighted by molar-refractivity contribution is 0.170. The van der Waals surface area contributed by atoms with Gasteiger partial charge in [0.15, 0.2) is 0 Å². The second-order valence-electron chi connectivity index (χ2n) is 3.62. The molecule has 4 nitrogen and oxygen atoms in total. The van der Waals surface area contributed by atoms with Gasteiger partial charge in [-0.1, -0.05) is 11.6 Å². The molecule has 0 amide bonds. The van der Waals surface area contributed by atoms with E-state index in [0.717, 1.165) is 11.3 Å². The number of pyridine rings is 1. The number of halogens is 1. The fourth-order valence-electron chi connectivity index (χ4n) is 1.57. The molecule has 0 aliphatic rings. The molecule has 1 unspecified atom stereocenters. The van der Waals surface area contributed by atoms with Gasteiger partial charge >= 0.3 is 0 Å². The van der Waals surface area contributed by atoms with Gasteiger partial charge in [-0.15, -0.1) is 0 Å². The van der Waals surface area contributed by atoms with Gasteiger partial charge in [0.2, 0.25) is 0 Å². The highest BCUT2D eigenvalue weighted by Crippen LogP contribution is 2.21. The van der Waals surface area contributed by atoms with Crippen molar-refractivity contribution in [2.75, 3.05) is 0 Å². The lowest BCUT2D eigenvalue weighted by Gasteiger charge is -2.11. The zero-order valence-corrected chi connectivity index (χ0v) is 9.59. The van der Waals surface area contributed by atoms with Gasteiger partial charge in [0.1, 0.15) is 0 Å². The van der Waals surface area contributed by atoms with E-state index in [1.807, 2.05) is 13.1 Å². The van der Waals surface area contributed by atoms with Gasteiger partial charge in [-0.2, -0.15) is 0 Å². The molecule has 0 saturated heterocycles. The maximum atomic E-state index is 10.0. The summed E-state index contributed by atoms with van der Waals surface area (Å²) in [4.78, 5) is 7.87. The Morgan fingerprint density at radius 1 is 1.44 bits per heavy atom. The highest BCUT2D eigenvalue weighted by atomic mass is 35.5. The minimum Gasteiger partial charge on any atom is -0.386 e. The zero-order valence-electron chi connectivity index (χ0n) is 8.84. The number of hydrogen-bond acceptors (Lipinski definition) is 3. The number of imidazole rings is 1. The van der Waals surface area contributed by atoms with Gasteiger partial charge in [-0.3, -0.25) is 4.98 Å². The summed E-state index contributed by atoms with van der Waals surface area (Å²) < 4.78 is 1.79. The number of hydrogen-bond donors (Lipinski definition) is 1. The lowest BCUT2D eigenvalue weighted by atomic mass is 10.1. The number of aromatic nitrogens is 3. The molecule has 84 valence electrons. The van der Waals surface area contributed by atoms with Crippen LogP contribution in [0.5, 0.6) is 0 Å². The highest BCUT2D eigenvalue weighted by Gasteiger charge is 2.13. The Hall–Kier alpha value is -1.39. The Labute approximate surface area is 98.5 Å². The van der Waals surface area contributed by atoms with Crippen LogP contribution in [0.1, 0.15) is 17.4 Å². The summed E-state index contributed by atoms with van der Waals surface area (Å²) in [7, 11) is 1.85. The summed E-state index contributed by atoms with van der Waals surface area (Å²) in [5, 5.41) is 10.6. The van der Waals surface area contributed by atoms with Gasteiger partial charge in [0, 0.05) is 25.9 Å². The highest BCUT2D eigenvalue weighted by molar-refractivity contribution is 6.31. The van der Waals surface area contributed by atoms with E-state index >= 15 is 0 Å². The third kappa shape index (κ3) is 2.23. The maximum Gasteiger partial charge on any atom is 0.0996 e. The molecular weight excluding hydrogens is 226 g/mol. The van der Waals surface area contributed by atoms with Crippen molar-refractivity contribution in [1.29, 1.82) is 0 Å². The Balaban J connectivity index is 2.17. The van der Waals surface area contributed by atoms with Crippen molar-refractivity contribution in [3.05, 3.63) is 47.3 Å². The van der Waals surface area contributed by atoms with E-state index in [1.165, 1.54) is 0 Å². The zero-order chi connectivity index (χ0) is 11.5. The van der Waals surface area contributed by atoms with Crippen LogP contribution >= 0.6 is 11.6 Å². The molecule has 5 heteroatoms. The Kier molecular flexibility index (Phi) is 3.22. The first-order valence-corrected chi connectivity index (χ1v) is 5.29. The van der Waals surface area contributed by atoms with Crippen molar-refractivity contribution >= 4 is 11.6 Å². The van der Waals surface area contributed by atoms with Crippen LogP contribution in [-0.4, -0.2) is 19.6 Å². The van der Waals surface area contributed by atoms with Crippen molar-refractivity contribution < 1.29 is 5.11 Å². The molecule has 2 heterocycles. The van der Waals surface area contributed by atoms with Crippen LogP contribution in [0.2, 0.25) is 5.02 Å². The van der Waals surface area contributed by atoms with Gasteiger partial charge < -0.3 is 9.67 Å². The SMILES string of the molecule is Cn1cncc1C(O)Cc1ccncc1Cl. The van der Waals surface area contributed by atoms with E-state index in [2.05, 4.69) is 9.97 Å².